The number of rotatable bonds is 5. The molecule has 1 fully saturated rings. The van der Waals surface area contributed by atoms with Crippen molar-refractivity contribution in [3.05, 3.63) is 53.2 Å². The summed E-state index contributed by atoms with van der Waals surface area (Å²) in [6, 6.07) is 8.98. The van der Waals surface area contributed by atoms with Crippen LogP contribution in [0.2, 0.25) is 0 Å². The van der Waals surface area contributed by atoms with Gasteiger partial charge in [0.25, 0.3) is 5.91 Å². The fourth-order valence-corrected chi connectivity index (χ4v) is 4.34. The first-order valence-corrected chi connectivity index (χ1v) is 11.7. The van der Waals surface area contributed by atoms with Crippen LogP contribution in [0.25, 0.3) is 0 Å². The Balaban J connectivity index is 1.72. The summed E-state index contributed by atoms with van der Waals surface area (Å²) in [5.41, 5.74) is 2.54. The molecule has 1 aromatic heterocycles. The molecule has 0 bridgehead atoms. The largest absolute Gasteiger partial charge is 0.357 e. The van der Waals surface area contributed by atoms with Gasteiger partial charge < -0.3 is 10.2 Å². The molecule has 1 aliphatic heterocycles. The fraction of sp³-hybridized carbons (Fsp3) is 0.429. The molecule has 0 atom stereocenters. The van der Waals surface area contributed by atoms with Crippen LogP contribution in [0.15, 0.2) is 36.5 Å². The van der Waals surface area contributed by atoms with Gasteiger partial charge in [0.2, 0.25) is 0 Å². The quantitative estimate of drug-likeness (QED) is 0.829. The minimum Gasteiger partial charge on any atom is -0.357 e. The van der Waals surface area contributed by atoms with Crippen LogP contribution in [-0.4, -0.2) is 38.7 Å². The Hall–Kier alpha value is -2.41. The van der Waals surface area contributed by atoms with Crippen LogP contribution in [0.3, 0.4) is 0 Å². The van der Waals surface area contributed by atoms with E-state index in [9.17, 15) is 13.2 Å². The molecule has 28 heavy (non-hydrogen) atoms. The van der Waals surface area contributed by atoms with Crippen molar-refractivity contribution in [1.29, 1.82) is 0 Å². The number of aromatic nitrogens is 1. The zero-order valence-electron chi connectivity index (χ0n) is 16.4. The molecule has 2 heterocycles. The summed E-state index contributed by atoms with van der Waals surface area (Å²) >= 11 is 0. The van der Waals surface area contributed by atoms with Gasteiger partial charge in [-0.15, -0.1) is 0 Å². The van der Waals surface area contributed by atoms with Crippen molar-refractivity contribution in [2.75, 3.05) is 29.6 Å². The SMILES string of the molecule is Cc1c(CS(C)(=O)=O)cccc1NC(=O)c1ccc(N2CCCCCC2)nc1. The molecule has 0 unspecified atom stereocenters. The molecule has 1 N–H and O–H groups in total. The van der Waals surface area contributed by atoms with Crippen LogP contribution < -0.4 is 10.2 Å². The average Bonchev–Trinajstić information content (AvgIpc) is 2.93. The Morgan fingerprint density at radius 3 is 2.43 bits per heavy atom. The molecule has 0 radical (unpaired) electrons. The van der Waals surface area contributed by atoms with Crippen LogP contribution in [0.5, 0.6) is 0 Å². The maximum atomic E-state index is 12.6. The third-order valence-electron chi connectivity index (χ3n) is 5.05. The minimum atomic E-state index is -3.14. The molecule has 1 aliphatic rings. The van der Waals surface area contributed by atoms with E-state index in [4.69, 9.17) is 0 Å². The molecule has 7 heteroatoms. The monoisotopic (exact) mass is 401 g/mol. The maximum absolute atomic E-state index is 12.6. The zero-order valence-corrected chi connectivity index (χ0v) is 17.3. The summed E-state index contributed by atoms with van der Waals surface area (Å²) in [7, 11) is -3.14. The highest BCUT2D eigenvalue weighted by atomic mass is 32.2. The standard InChI is InChI=1S/C21H27N3O3S/c1-16-18(15-28(2,26)27)8-7-9-19(16)23-21(25)17-10-11-20(22-14-17)24-12-5-3-4-6-13-24/h7-11,14H,3-6,12-13,15H2,1-2H3,(H,23,25). The molecule has 150 valence electrons. The van der Waals surface area contributed by atoms with E-state index in [-0.39, 0.29) is 11.7 Å². The van der Waals surface area contributed by atoms with E-state index < -0.39 is 9.84 Å². The van der Waals surface area contributed by atoms with Crippen LogP contribution >= 0.6 is 0 Å². The second kappa shape index (κ2) is 8.73. The van der Waals surface area contributed by atoms with Crippen LogP contribution in [0.1, 0.15) is 47.2 Å². The first-order valence-electron chi connectivity index (χ1n) is 9.62. The highest BCUT2D eigenvalue weighted by molar-refractivity contribution is 7.89. The summed E-state index contributed by atoms with van der Waals surface area (Å²) < 4.78 is 23.2. The van der Waals surface area contributed by atoms with E-state index in [0.29, 0.717) is 16.8 Å². The summed E-state index contributed by atoms with van der Waals surface area (Å²) in [6.07, 6.45) is 7.67. The number of carbonyl (C=O) groups is 1. The molecule has 0 spiro atoms. The minimum absolute atomic E-state index is 0.0470. The topological polar surface area (TPSA) is 79.4 Å². The van der Waals surface area contributed by atoms with Gasteiger partial charge in [-0.2, -0.15) is 0 Å². The Kier molecular flexibility index (Phi) is 6.34. The number of carbonyl (C=O) groups excluding carboxylic acids is 1. The normalized spacial score (nSPS) is 15.1. The smallest absolute Gasteiger partial charge is 0.257 e. The molecule has 3 rings (SSSR count). The van der Waals surface area contributed by atoms with Gasteiger partial charge in [0.1, 0.15) is 5.82 Å². The van der Waals surface area contributed by atoms with Crippen LogP contribution in [-0.2, 0) is 15.6 Å². The van der Waals surface area contributed by atoms with Crippen LogP contribution in [0, 0.1) is 6.92 Å². The van der Waals surface area contributed by atoms with Gasteiger partial charge in [-0.1, -0.05) is 25.0 Å². The van der Waals surface area contributed by atoms with Crippen LogP contribution in [0.4, 0.5) is 11.5 Å². The number of hydrogen-bond donors (Lipinski definition) is 1. The van der Waals surface area contributed by atoms with Gasteiger partial charge in [0.15, 0.2) is 9.84 Å². The number of hydrogen-bond acceptors (Lipinski definition) is 5. The molecule has 1 saturated heterocycles. The second-order valence-corrected chi connectivity index (χ2v) is 9.56. The first kappa shape index (κ1) is 20.3. The lowest BCUT2D eigenvalue weighted by molar-refractivity contribution is 0.102. The number of benzene rings is 1. The maximum Gasteiger partial charge on any atom is 0.257 e. The number of amides is 1. The number of nitrogens with zero attached hydrogens (tertiary/aromatic N) is 2. The van der Waals surface area contributed by atoms with Gasteiger partial charge in [-0.25, -0.2) is 13.4 Å². The van der Waals surface area contributed by atoms with Crippen molar-refractivity contribution in [1.82, 2.24) is 4.98 Å². The molecule has 1 aromatic carbocycles. The Labute approximate surface area is 166 Å². The van der Waals surface area contributed by atoms with E-state index in [1.54, 1.807) is 30.5 Å². The van der Waals surface area contributed by atoms with Crippen molar-refractivity contribution in [3.8, 4) is 0 Å². The predicted octanol–water partition coefficient (Wildman–Crippen LogP) is 3.57. The number of nitrogens with one attached hydrogen (secondary N) is 1. The highest BCUT2D eigenvalue weighted by Gasteiger charge is 2.15. The molecular weight excluding hydrogens is 374 g/mol. The second-order valence-electron chi connectivity index (χ2n) is 7.42. The molecular formula is C21H27N3O3S. The van der Waals surface area contributed by atoms with E-state index in [2.05, 4.69) is 15.2 Å². The third kappa shape index (κ3) is 5.32. The Morgan fingerprint density at radius 2 is 1.82 bits per heavy atom. The lowest BCUT2D eigenvalue weighted by Crippen LogP contribution is -2.25. The Bertz CT molecular complexity index is 932. The van der Waals surface area contributed by atoms with Gasteiger partial charge in [0.05, 0.1) is 11.3 Å². The van der Waals surface area contributed by atoms with Gasteiger partial charge in [0, 0.05) is 31.2 Å². The van der Waals surface area contributed by atoms with E-state index in [1.165, 1.54) is 31.9 Å². The van der Waals surface area contributed by atoms with Crippen molar-refractivity contribution < 1.29 is 13.2 Å². The van der Waals surface area contributed by atoms with Crippen molar-refractivity contribution in [3.63, 3.8) is 0 Å². The zero-order chi connectivity index (χ0) is 20.1. The van der Waals surface area contributed by atoms with E-state index in [0.717, 1.165) is 24.5 Å². The third-order valence-corrected chi connectivity index (χ3v) is 5.89. The molecule has 0 saturated carbocycles. The van der Waals surface area contributed by atoms with Crippen molar-refractivity contribution in [2.24, 2.45) is 0 Å². The molecule has 6 nitrogen and oxygen atoms in total. The summed E-state index contributed by atoms with van der Waals surface area (Å²) in [4.78, 5) is 19.4. The first-order chi connectivity index (χ1) is 13.3. The van der Waals surface area contributed by atoms with Gasteiger partial charge in [-0.3, -0.25) is 4.79 Å². The molecule has 2 aromatic rings. The molecule has 1 amide bonds. The number of sulfone groups is 1. The van der Waals surface area contributed by atoms with Gasteiger partial charge in [-0.05, 0) is 49.1 Å². The number of anilines is 2. The summed E-state index contributed by atoms with van der Waals surface area (Å²) in [5, 5.41) is 2.87. The lowest BCUT2D eigenvalue weighted by Gasteiger charge is -2.21. The predicted molar refractivity (Wildman–Crippen MR) is 113 cm³/mol. The van der Waals surface area contributed by atoms with Crippen molar-refractivity contribution in [2.45, 2.75) is 38.4 Å². The number of pyridine rings is 1. The Morgan fingerprint density at radius 1 is 1.11 bits per heavy atom. The molecule has 0 aliphatic carbocycles. The lowest BCUT2D eigenvalue weighted by atomic mass is 10.1. The van der Waals surface area contributed by atoms with Gasteiger partial charge >= 0.3 is 0 Å². The van der Waals surface area contributed by atoms with E-state index in [1.807, 2.05) is 13.0 Å². The fourth-order valence-electron chi connectivity index (χ4n) is 3.46. The summed E-state index contributed by atoms with van der Waals surface area (Å²) in [5.74, 6) is 0.605. The van der Waals surface area contributed by atoms with E-state index >= 15 is 0 Å². The average molecular weight is 402 g/mol. The summed E-state index contributed by atoms with van der Waals surface area (Å²) in [6.45, 7) is 3.83. The highest BCUT2D eigenvalue weighted by Crippen LogP contribution is 2.22. The van der Waals surface area contributed by atoms with Crippen molar-refractivity contribution >= 4 is 27.2 Å².